The molecule has 0 radical (unpaired) electrons. The molecule has 5 nitrogen and oxygen atoms in total. The molecule has 0 saturated heterocycles. The van der Waals surface area contributed by atoms with Crippen LogP contribution >= 0.6 is 17.0 Å². The topological polar surface area (TPSA) is 85.3 Å². The van der Waals surface area contributed by atoms with Crippen LogP contribution in [0, 0.1) is 0 Å². The van der Waals surface area contributed by atoms with E-state index in [1.807, 2.05) is 0 Å². The number of aliphatic hydroxyl groups is 1. The molecule has 1 aromatic heterocycles. The number of phenolic OH excluding ortho intramolecular Hbond substituents is 1. The third kappa shape index (κ3) is 4.31. The molecule has 0 amide bonds. The van der Waals surface area contributed by atoms with Crippen LogP contribution in [0.4, 0.5) is 0 Å². The van der Waals surface area contributed by atoms with Crippen LogP contribution in [0.15, 0.2) is 41.2 Å². The fourth-order valence-corrected chi connectivity index (χ4v) is 4.51. The highest BCUT2D eigenvalue weighted by atomic mass is 79.9. The number of pyridine rings is 1. The van der Waals surface area contributed by atoms with E-state index in [0.29, 0.717) is 29.1 Å². The van der Waals surface area contributed by atoms with Gasteiger partial charge >= 0.3 is 0 Å². The number of aromatic hydroxyl groups is 1. The molecule has 1 atom stereocenters. The molecule has 2 aromatic carbocycles. The summed E-state index contributed by atoms with van der Waals surface area (Å²) < 4.78 is 0. The van der Waals surface area contributed by atoms with Gasteiger partial charge in [0.2, 0.25) is 5.56 Å². The van der Waals surface area contributed by atoms with Crippen molar-refractivity contribution < 1.29 is 10.2 Å². The Hall–Kier alpha value is -2.15. The summed E-state index contributed by atoms with van der Waals surface area (Å²) in [5, 5.41) is 25.0. The van der Waals surface area contributed by atoms with Crippen LogP contribution in [0.5, 0.6) is 5.75 Å². The number of rotatable bonds is 6. The number of halogens is 1. The lowest BCUT2D eigenvalue weighted by molar-refractivity contribution is 0.171. The number of hydrogen-bond acceptors (Lipinski definition) is 4. The van der Waals surface area contributed by atoms with E-state index in [-0.39, 0.29) is 28.3 Å². The minimum Gasteiger partial charge on any atom is -0.506 e. The summed E-state index contributed by atoms with van der Waals surface area (Å²) in [6.07, 6.45) is 3.34. The van der Waals surface area contributed by atoms with Crippen molar-refractivity contribution in [3.63, 3.8) is 0 Å². The quantitative estimate of drug-likeness (QED) is 0.440. The van der Waals surface area contributed by atoms with Crippen molar-refractivity contribution in [3.05, 3.63) is 74.6 Å². The third-order valence-electron chi connectivity index (χ3n) is 6.08. The Morgan fingerprint density at radius 3 is 2.30 bits per heavy atom. The molecule has 30 heavy (non-hydrogen) atoms. The zero-order chi connectivity index (χ0) is 20.5. The average Bonchev–Trinajstić information content (AvgIpc) is 3.13. The van der Waals surface area contributed by atoms with Gasteiger partial charge in [0.15, 0.2) is 0 Å². The van der Waals surface area contributed by atoms with Crippen molar-refractivity contribution in [3.8, 4) is 5.75 Å². The van der Waals surface area contributed by atoms with E-state index < -0.39 is 6.10 Å². The summed E-state index contributed by atoms with van der Waals surface area (Å²) in [5.74, 6) is 0.00584. The molecule has 6 heteroatoms. The average molecular weight is 473 g/mol. The highest BCUT2D eigenvalue weighted by Crippen LogP contribution is 2.30. The van der Waals surface area contributed by atoms with Gasteiger partial charge in [-0.2, -0.15) is 0 Å². The molecule has 1 unspecified atom stereocenters. The summed E-state index contributed by atoms with van der Waals surface area (Å²) in [6.45, 7) is 4.83. The summed E-state index contributed by atoms with van der Waals surface area (Å²) in [6, 6.07) is 11.3. The first-order valence-electron chi connectivity index (χ1n) is 10.4. The van der Waals surface area contributed by atoms with Crippen molar-refractivity contribution in [1.29, 1.82) is 0 Å². The smallest absolute Gasteiger partial charge is 0.248 e. The lowest BCUT2D eigenvalue weighted by atomic mass is 9.97. The Labute approximate surface area is 186 Å². The molecule has 160 valence electrons. The van der Waals surface area contributed by atoms with Crippen LogP contribution < -0.4 is 10.9 Å². The summed E-state index contributed by atoms with van der Waals surface area (Å²) in [5.41, 5.74) is 6.49. The zero-order valence-electron chi connectivity index (χ0n) is 17.4. The predicted molar refractivity (Wildman–Crippen MR) is 126 cm³/mol. The molecule has 0 spiro atoms. The third-order valence-corrected chi connectivity index (χ3v) is 6.08. The normalized spacial score (nSPS) is 14.5. The highest BCUT2D eigenvalue weighted by molar-refractivity contribution is 8.93. The Morgan fingerprint density at radius 2 is 1.70 bits per heavy atom. The lowest BCUT2D eigenvalue weighted by Gasteiger charge is -2.18. The molecule has 4 rings (SSSR count). The first-order valence-corrected chi connectivity index (χ1v) is 10.4. The second kappa shape index (κ2) is 9.33. The molecule has 0 fully saturated rings. The molecule has 0 bridgehead atoms. The minimum absolute atomic E-state index is 0. The molecule has 1 aliphatic carbocycles. The van der Waals surface area contributed by atoms with E-state index in [2.05, 4.69) is 36.3 Å². The number of aromatic nitrogens is 1. The Kier molecular flexibility index (Phi) is 7.01. The number of H-pyrrole nitrogens is 1. The predicted octanol–water partition coefficient (Wildman–Crippen LogP) is 3.73. The van der Waals surface area contributed by atoms with E-state index >= 15 is 0 Å². The van der Waals surface area contributed by atoms with Gasteiger partial charge in [0, 0.05) is 24.0 Å². The SMILES string of the molecule is Br.CCc1cc2c(cc1CC)CC(NCC(O)c1ccc(O)c3[nH]c(=O)ccc13)C2. The van der Waals surface area contributed by atoms with Gasteiger partial charge in [-0.25, -0.2) is 0 Å². The van der Waals surface area contributed by atoms with E-state index in [4.69, 9.17) is 0 Å². The molecule has 1 heterocycles. The maximum absolute atomic E-state index is 11.6. The van der Waals surface area contributed by atoms with Gasteiger partial charge in [-0.1, -0.05) is 32.0 Å². The van der Waals surface area contributed by atoms with Crippen LogP contribution in [0.25, 0.3) is 10.9 Å². The van der Waals surface area contributed by atoms with Crippen molar-refractivity contribution in [2.75, 3.05) is 6.54 Å². The molecule has 0 aliphatic heterocycles. The molecular weight excluding hydrogens is 444 g/mol. The van der Waals surface area contributed by atoms with Gasteiger partial charge in [0.05, 0.1) is 11.6 Å². The fraction of sp³-hybridized carbons (Fsp3) is 0.375. The first-order chi connectivity index (χ1) is 14.0. The largest absolute Gasteiger partial charge is 0.506 e. The van der Waals surface area contributed by atoms with Crippen LogP contribution in [0.3, 0.4) is 0 Å². The zero-order valence-corrected chi connectivity index (χ0v) is 19.1. The van der Waals surface area contributed by atoms with Crippen molar-refractivity contribution in [1.82, 2.24) is 10.3 Å². The number of aryl methyl sites for hydroxylation is 2. The Balaban J connectivity index is 0.00000256. The minimum atomic E-state index is -0.731. The van der Waals surface area contributed by atoms with E-state index in [0.717, 1.165) is 25.7 Å². The number of hydrogen-bond donors (Lipinski definition) is 4. The van der Waals surface area contributed by atoms with Gasteiger partial charge in [0.25, 0.3) is 0 Å². The number of benzene rings is 2. The van der Waals surface area contributed by atoms with Gasteiger partial charge in [-0.3, -0.25) is 4.79 Å². The number of phenols is 1. The van der Waals surface area contributed by atoms with Gasteiger partial charge < -0.3 is 20.5 Å². The molecule has 0 saturated carbocycles. The highest BCUT2D eigenvalue weighted by Gasteiger charge is 2.23. The van der Waals surface area contributed by atoms with Crippen molar-refractivity contribution >= 4 is 27.9 Å². The number of aromatic amines is 1. The Morgan fingerprint density at radius 1 is 1.07 bits per heavy atom. The van der Waals surface area contributed by atoms with Crippen LogP contribution in [0.1, 0.15) is 47.8 Å². The van der Waals surface area contributed by atoms with Gasteiger partial charge in [-0.15, -0.1) is 17.0 Å². The van der Waals surface area contributed by atoms with Crippen molar-refractivity contribution in [2.24, 2.45) is 0 Å². The van der Waals surface area contributed by atoms with Crippen molar-refractivity contribution in [2.45, 2.75) is 51.7 Å². The second-order valence-electron chi connectivity index (χ2n) is 7.91. The number of aliphatic hydroxyl groups excluding tert-OH is 1. The molecule has 4 N–H and O–H groups in total. The van der Waals surface area contributed by atoms with Crippen LogP contribution in [0.2, 0.25) is 0 Å². The maximum Gasteiger partial charge on any atom is 0.248 e. The van der Waals surface area contributed by atoms with E-state index in [1.165, 1.54) is 34.4 Å². The summed E-state index contributed by atoms with van der Waals surface area (Å²) in [4.78, 5) is 14.2. The monoisotopic (exact) mass is 472 g/mol. The molecule has 1 aliphatic rings. The summed E-state index contributed by atoms with van der Waals surface area (Å²) in [7, 11) is 0. The standard InChI is InChI=1S/C24H28N2O3.BrH/c1-3-14-9-16-11-18(12-17(16)10-15(14)4-2)25-13-22(28)19-5-7-21(27)24-20(19)6-8-23(29)26-24;/h5-10,18,22,25,27-28H,3-4,11-13H2,1-2H3,(H,26,29);1H. The van der Waals surface area contributed by atoms with Gasteiger partial charge in [0.1, 0.15) is 5.75 Å². The van der Waals surface area contributed by atoms with Crippen LogP contribution in [-0.2, 0) is 25.7 Å². The first kappa shape index (κ1) is 22.5. The summed E-state index contributed by atoms with van der Waals surface area (Å²) >= 11 is 0. The fourth-order valence-electron chi connectivity index (χ4n) is 4.51. The number of nitrogens with one attached hydrogen (secondary N) is 2. The van der Waals surface area contributed by atoms with Crippen LogP contribution in [-0.4, -0.2) is 27.8 Å². The van der Waals surface area contributed by atoms with E-state index in [9.17, 15) is 15.0 Å². The number of fused-ring (bicyclic) bond motifs is 2. The second-order valence-corrected chi connectivity index (χ2v) is 7.91. The lowest BCUT2D eigenvalue weighted by Crippen LogP contribution is -2.33. The maximum atomic E-state index is 11.6. The molecule has 3 aromatic rings. The Bertz CT molecular complexity index is 1080. The van der Waals surface area contributed by atoms with E-state index in [1.54, 1.807) is 12.1 Å². The van der Waals surface area contributed by atoms with Gasteiger partial charge in [-0.05, 0) is 65.6 Å². The molecular formula is C24H29BrN2O3.